The zero-order chi connectivity index (χ0) is 12.0. The molecule has 0 saturated carbocycles. The Morgan fingerprint density at radius 2 is 2.00 bits per heavy atom. The maximum Gasteiger partial charge on any atom is 0.264 e. The number of hydrogen-bond acceptors (Lipinski definition) is 3. The second-order valence-electron chi connectivity index (χ2n) is 4.93. The summed E-state index contributed by atoms with van der Waals surface area (Å²) in [6, 6.07) is 4.57. The molecule has 2 aliphatic rings. The quantitative estimate of drug-likeness (QED) is 0.852. The van der Waals surface area contributed by atoms with Crippen molar-refractivity contribution < 1.29 is 4.79 Å². The van der Waals surface area contributed by atoms with Crippen LogP contribution in [0.4, 0.5) is 0 Å². The highest BCUT2D eigenvalue weighted by molar-refractivity contribution is 7.17. The van der Waals surface area contributed by atoms with Crippen molar-refractivity contribution >= 4 is 28.8 Å². The number of carbonyl (C=O) groups is 1. The molecule has 3 heterocycles. The average molecular weight is 271 g/mol. The molecule has 3 nitrogen and oxygen atoms in total. The van der Waals surface area contributed by atoms with Crippen molar-refractivity contribution in [1.29, 1.82) is 0 Å². The molecule has 2 unspecified atom stereocenters. The lowest BCUT2D eigenvalue weighted by Gasteiger charge is -2.37. The van der Waals surface area contributed by atoms with Crippen LogP contribution >= 0.6 is 22.9 Å². The van der Waals surface area contributed by atoms with Gasteiger partial charge in [0.05, 0.1) is 9.21 Å². The van der Waals surface area contributed by atoms with E-state index in [2.05, 4.69) is 0 Å². The number of thiophene rings is 1. The van der Waals surface area contributed by atoms with Crippen molar-refractivity contribution in [1.82, 2.24) is 4.90 Å². The molecule has 17 heavy (non-hydrogen) atoms. The van der Waals surface area contributed by atoms with Crippen LogP contribution in [0.15, 0.2) is 12.1 Å². The normalized spacial score (nSPS) is 31.9. The van der Waals surface area contributed by atoms with Crippen molar-refractivity contribution in [2.45, 2.75) is 43.8 Å². The molecule has 0 radical (unpaired) electrons. The Morgan fingerprint density at radius 1 is 1.35 bits per heavy atom. The van der Waals surface area contributed by atoms with E-state index in [0.29, 0.717) is 16.4 Å². The minimum absolute atomic E-state index is 0.140. The van der Waals surface area contributed by atoms with Crippen LogP contribution in [0.3, 0.4) is 0 Å². The number of piperidine rings is 1. The summed E-state index contributed by atoms with van der Waals surface area (Å²) in [6.07, 6.45) is 4.09. The molecule has 1 amide bonds. The first kappa shape index (κ1) is 11.5. The van der Waals surface area contributed by atoms with Crippen LogP contribution in [0.5, 0.6) is 0 Å². The van der Waals surface area contributed by atoms with Gasteiger partial charge in [0, 0.05) is 18.1 Å². The Labute approximate surface area is 110 Å². The number of hydrogen-bond donors (Lipinski definition) is 1. The zero-order valence-electron chi connectivity index (χ0n) is 9.43. The summed E-state index contributed by atoms with van der Waals surface area (Å²) in [4.78, 5) is 15.2. The zero-order valence-corrected chi connectivity index (χ0v) is 11.0. The second kappa shape index (κ2) is 4.26. The van der Waals surface area contributed by atoms with E-state index in [0.717, 1.165) is 30.6 Å². The van der Waals surface area contributed by atoms with Gasteiger partial charge < -0.3 is 10.6 Å². The SMILES string of the molecule is NC1CC2CCC(C1)N2C(=O)c1ccc(Cl)s1. The van der Waals surface area contributed by atoms with Gasteiger partial charge in [0.25, 0.3) is 5.91 Å². The maximum atomic E-state index is 12.4. The minimum atomic E-state index is 0.140. The molecule has 2 saturated heterocycles. The lowest BCUT2D eigenvalue weighted by atomic mass is 9.98. The molecule has 3 rings (SSSR count). The van der Waals surface area contributed by atoms with E-state index in [-0.39, 0.29) is 11.9 Å². The Balaban J connectivity index is 1.83. The number of nitrogens with zero attached hydrogens (tertiary/aromatic N) is 1. The van der Waals surface area contributed by atoms with Crippen molar-refractivity contribution in [2.24, 2.45) is 5.73 Å². The molecule has 5 heteroatoms. The summed E-state index contributed by atoms with van der Waals surface area (Å²) in [7, 11) is 0. The molecule has 0 aromatic carbocycles. The number of carbonyl (C=O) groups excluding carboxylic acids is 1. The highest BCUT2D eigenvalue weighted by atomic mass is 35.5. The number of fused-ring (bicyclic) bond motifs is 2. The van der Waals surface area contributed by atoms with Crippen molar-refractivity contribution in [3.8, 4) is 0 Å². The van der Waals surface area contributed by atoms with Gasteiger partial charge in [0.1, 0.15) is 0 Å². The Bertz CT molecular complexity index is 433. The van der Waals surface area contributed by atoms with E-state index in [9.17, 15) is 4.79 Å². The standard InChI is InChI=1S/C12H15ClN2OS/c13-11-4-3-10(17-11)12(16)15-8-1-2-9(15)6-7(14)5-8/h3-4,7-9H,1-2,5-6,14H2. The van der Waals surface area contributed by atoms with Gasteiger partial charge >= 0.3 is 0 Å². The van der Waals surface area contributed by atoms with E-state index in [4.69, 9.17) is 17.3 Å². The predicted octanol–water partition coefficient (Wildman–Crippen LogP) is 2.50. The molecule has 92 valence electrons. The van der Waals surface area contributed by atoms with Crippen LogP contribution in [-0.2, 0) is 0 Å². The first-order valence-electron chi connectivity index (χ1n) is 5.98. The summed E-state index contributed by atoms with van der Waals surface area (Å²) in [5.74, 6) is 0.140. The van der Waals surface area contributed by atoms with E-state index < -0.39 is 0 Å². The Kier molecular flexibility index (Phi) is 2.89. The molecular weight excluding hydrogens is 256 g/mol. The predicted molar refractivity (Wildman–Crippen MR) is 69.5 cm³/mol. The molecule has 2 aliphatic heterocycles. The smallest absolute Gasteiger partial charge is 0.264 e. The van der Waals surface area contributed by atoms with Crippen molar-refractivity contribution in [3.63, 3.8) is 0 Å². The lowest BCUT2D eigenvalue weighted by Crippen LogP contribution is -2.49. The van der Waals surface area contributed by atoms with E-state index in [1.165, 1.54) is 11.3 Å². The molecule has 2 N–H and O–H groups in total. The van der Waals surface area contributed by atoms with E-state index in [1.807, 2.05) is 11.0 Å². The van der Waals surface area contributed by atoms with Crippen LogP contribution < -0.4 is 5.73 Å². The van der Waals surface area contributed by atoms with Crippen LogP contribution in [0.1, 0.15) is 35.4 Å². The number of nitrogens with two attached hydrogens (primary N) is 1. The number of halogens is 1. The molecule has 0 aliphatic carbocycles. The van der Waals surface area contributed by atoms with Crippen molar-refractivity contribution in [2.75, 3.05) is 0 Å². The number of amides is 1. The van der Waals surface area contributed by atoms with E-state index in [1.54, 1.807) is 6.07 Å². The first-order valence-corrected chi connectivity index (χ1v) is 7.18. The molecule has 0 spiro atoms. The van der Waals surface area contributed by atoms with Gasteiger partial charge in [-0.15, -0.1) is 11.3 Å². The molecule has 2 bridgehead atoms. The van der Waals surface area contributed by atoms with Gasteiger partial charge in [-0.3, -0.25) is 4.79 Å². The minimum Gasteiger partial charge on any atom is -0.332 e. The number of rotatable bonds is 1. The molecule has 2 fully saturated rings. The fourth-order valence-electron chi connectivity index (χ4n) is 3.11. The van der Waals surface area contributed by atoms with Crippen LogP contribution in [0.2, 0.25) is 4.34 Å². The van der Waals surface area contributed by atoms with Crippen LogP contribution in [-0.4, -0.2) is 28.9 Å². The monoisotopic (exact) mass is 270 g/mol. The summed E-state index contributed by atoms with van der Waals surface area (Å²) < 4.78 is 0.675. The topological polar surface area (TPSA) is 46.3 Å². The highest BCUT2D eigenvalue weighted by Gasteiger charge is 2.42. The first-order chi connectivity index (χ1) is 8.15. The molecular formula is C12H15ClN2OS. The highest BCUT2D eigenvalue weighted by Crippen LogP contribution is 2.37. The van der Waals surface area contributed by atoms with E-state index >= 15 is 0 Å². The maximum absolute atomic E-state index is 12.4. The fourth-order valence-corrected chi connectivity index (χ4v) is 4.09. The third-order valence-electron chi connectivity index (χ3n) is 3.79. The fraction of sp³-hybridized carbons (Fsp3) is 0.583. The van der Waals surface area contributed by atoms with Gasteiger partial charge in [0.15, 0.2) is 0 Å². The largest absolute Gasteiger partial charge is 0.332 e. The van der Waals surface area contributed by atoms with Gasteiger partial charge in [-0.1, -0.05) is 11.6 Å². The molecule has 1 aromatic heterocycles. The Hall–Kier alpha value is -0.580. The Morgan fingerprint density at radius 3 is 2.53 bits per heavy atom. The lowest BCUT2D eigenvalue weighted by molar-refractivity contribution is 0.0580. The summed E-state index contributed by atoms with van der Waals surface area (Å²) in [6.45, 7) is 0. The van der Waals surface area contributed by atoms with Gasteiger partial charge in [-0.25, -0.2) is 0 Å². The second-order valence-corrected chi connectivity index (χ2v) is 6.65. The van der Waals surface area contributed by atoms with Gasteiger partial charge in [-0.2, -0.15) is 0 Å². The van der Waals surface area contributed by atoms with Gasteiger partial charge in [0.2, 0.25) is 0 Å². The summed E-state index contributed by atoms with van der Waals surface area (Å²) in [5, 5.41) is 0. The van der Waals surface area contributed by atoms with Crippen LogP contribution in [0.25, 0.3) is 0 Å². The third-order valence-corrected chi connectivity index (χ3v) is 5.01. The van der Waals surface area contributed by atoms with Crippen molar-refractivity contribution in [3.05, 3.63) is 21.3 Å². The van der Waals surface area contributed by atoms with Crippen LogP contribution in [0, 0.1) is 0 Å². The summed E-state index contributed by atoms with van der Waals surface area (Å²) in [5.41, 5.74) is 6.00. The van der Waals surface area contributed by atoms with Gasteiger partial charge in [-0.05, 0) is 37.8 Å². The third kappa shape index (κ3) is 1.98. The summed E-state index contributed by atoms with van der Waals surface area (Å²) >= 11 is 7.25. The molecule has 2 atom stereocenters. The molecule has 1 aromatic rings. The average Bonchev–Trinajstić information content (AvgIpc) is 2.81.